The first-order valence-electron chi connectivity index (χ1n) is 4.59. The largest absolute Gasteiger partial charge is 0.465 e. The van der Waals surface area contributed by atoms with Crippen LogP contribution in [0.4, 0.5) is 10.6 Å². The van der Waals surface area contributed by atoms with Crippen LogP contribution in [0.5, 0.6) is 0 Å². The predicted molar refractivity (Wildman–Crippen MR) is 52.1 cm³/mol. The van der Waals surface area contributed by atoms with E-state index >= 15 is 0 Å². The normalized spacial score (nSPS) is 14.5. The fraction of sp³-hybridized carbons (Fsp3) is 0.222. The number of hydrogen-bond donors (Lipinski definition) is 1. The van der Waals surface area contributed by atoms with Crippen LogP contribution in [0.3, 0.4) is 0 Å². The molecule has 6 heteroatoms. The van der Waals surface area contributed by atoms with Gasteiger partial charge in [-0.25, -0.2) is 9.78 Å². The highest BCUT2D eigenvalue weighted by Gasteiger charge is 2.27. The number of nitrogens with zero attached hydrogens (tertiary/aromatic N) is 4. The number of rotatable bonds is 0. The van der Waals surface area contributed by atoms with Crippen LogP contribution >= 0.6 is 0 Å². The maximum Gasteiger partial charge on any atom is 0.413 e. The van der Waals surface area contributed by atoms with Crippen LogP contribution in [0.1, 0.15) is 5.56 Å². The van der Waals surface area contributed by atoms with E-state index in [4.69, 9.17) is 5.11 Å². The van der Waals surface area contributed by atoms with E-state index in [0.29, 0.717) is 24.4 Å². The van der Waals surface area contributed by atoms with Crippen LogP contribution < -0.4 is 4.90 Å². The Morgan fingerprint density at radius 3 is 3.20 bits per heavy atom. The Labute approximate surface area is 84.8 Å². The van der Waals surface area contributed by atoms with Crippen molar-refractivity contribution in [2.45, 2.75) is 6.42 Å². The van der Waals surface area contributed by atoms with Crippen molar-refractivity contribution in [3.05, 3.63) is 24.0 Å². The molecular weight excluding hydrogens is 196 g/mol. The summed E-state index contributed by atoms with van der Waals surface area (Å²) >= 11 is 0. The molecule has 0 fully saturated rings. The molecule has 1 N–H and O–H groups in total. The van der Waals surface area contributed by atoms with Gasteiger partial charge >= 0.3 is 6.09 Å². The molecule has 0 radical (unpaired) electrons. The molecular formula is C9H8N4O2. The summed E-state index contributed by atoms with van der Waals surface area (Å²) in [4.78, 5) is 16.5. The van der Waals surface area contributed by atoms with Crippen molar-refractivity contribution in [3.63, 3.8) is 0 Å². The number of anilines is 1. The van der Waals surface area contributed by atoms with Gasteiger partial charge in [0.1, 0.15) is 5.82 Å². The van der Waals surface area contributed by atoms with Crippen molar-refractivity contribution < 1.29 is 9.90 Å². The topological polar surface area (TPSA) is 70.7 Å². The Balaban J connectivity index is 2.31. The Kier molecular flexibility index (Phi) is 1.47. The van der Waals surface area contributed by atoms with Gasteiger partial charge in [-0.15, -0.1) is 0 Å². The SMILES string of the molecule is O=C(O)N1CCc2cnc3ccnn3c21. The van der Waals surface area contributed by atoms with Crippen molar-refractivity contribution in [3.8, 4) is 0 Å². The van der Waals surface area contributed by atoms with Gasteiger partial charge in [0.05, 0.1) is 6.20 Å². The highest BCUT2D eigenvalue weighted by atomic mass is 16.4. The first kappa shape index (κ1) is 8.22. The monoisotopic (exact) mass is 204 g/mol. The number of aromatic nitrogens is 3. The number of amides is 1. The van der Waals surface area contributed by atoms with Crippen molar-refractivity contribution in [2.24, 2.45) is 0 Å². The number of fused-ring (bicyclic) bond motifs is 3. The lowest BCUT2D eigenvalue weighted by molar-refractivity contribution is 0.202. The van der Waals surface area contributed by atoms with E-state index in [1.807, 2.05) is 0 Å². The second-order valence-electron chi connectivity index (χ2n) is 3.39. The number of hydrogen-bond acceptors (Lipinski definition) is 3. The third-order valence-electron chi connectivity index (χ3n) is 2.55. The lowest BCUT2D eigenvalue weighted by Gasteiger charge is -2.13. The molecule has 3 heterocycles. The molecule has 0 saturated heterocycles. The molecule has 6 nitrogen and oxygen atoms in total. The van der Waals surface area contributed by atoms with Crippen LogP contribution in [0.25, 0.3) is 5.65 Å². The van der Waals surface area contributed by atoms with Gasteiger partial charge in [-0.3, -0.25) is 4.90 Å². The molecule has 1 aliphatic heterocycles. The molecule has 0 saturated carbocycles. The molecule has 1 aliphatic rings. The predicted octanol–water partition coefficient (Wildman–Crippen LogP) is 0.770. The van der Waals surface area contributed by atoms with Gasteiger partial charge in [0.25, 0.3) is 0 Å². The summed E-state index contributed by atoms with van der Waals surface area (Å²) in [5.74, 6) is 0.623. The van der Waals surface area contributed by atoms with E-state index in [1.165, 1.54) is 4.90 Å². The van der Waals surface area contributed by atoms with E-state index in [2.05, 4.69) is 10.1 Å². The van der Waals surface area contributed by atoms with E-state index < -0.39 is 6.09 Å². The summed E-state index contributed by atoms with van der Waals surface area (Å²) in [7, 11) is 0. The highest BCUT2D eigenvalue weighted by molar-refractivity contribution is 5.87. The first-order valence-corrected chi connectivity index (χ1v) is 4.59. The summed E-state index contributed by atoms with van der Waals surface area (Å²) in [6.45, 7) is 0.478. The van der Waals surface area contributed by atoms with Gasteiger partial charge < -0.3 is 5.11 Å². The average molecular weight is 204 g/mol. The molecule has 3 rings (SSSR count). The molecule has 0 atom stereocenters. The minimum Gasteiger partial charge on any atom is -0.465 e. The minimum absolute atomic E-state index is 0.478. The molecule has 0 spiro atoms. The van der Waals surface area contributed by atoms with Crippen LogP contribution in [-0.4, -0.2) is 32.3 Å². The van der Waals surface area contributed by atoms with Gasteiger partial charge in [-0.2, -0.15) is 9.61 Å². The second kappa shape index (κ2) is 2.69. The molecule has 0 aromatic carbocycles. The number of carboxylic acid groups (broad SMARTS) is 1. The van der Waals surface area contributed by atoms with Crippen LogP contribution in [0.15, 0.2) is 18.5 Å². The molecule has 1 amide bonds. The molecule has 0 unspecified atom stereocenters. The van der Waals surface area contributed by atoms with Crippen molar-refractivity contribution in [2.75, 3.05) is 11.4 Å². The summed E-state index contributed by atoms with van der Waals surface area (Å²) < 4.78 is 1.57. The Bertz CT molecular complexity index is 548. The van der Waals surface area contributed by atoms with Crippen molar-refractivity contribution in [1.29, 1.82) is 0 Å². The summed E-state index contributed by atoms with van der Waals surface area (Å²) in [6.07, 6.45) is 3.08. The highest BCUT2D eigenvalue weighted by Crippen LogP contribution is 2.27. The van der Waals surface area contributed by atoms with E-state index in [-0.39, 0.29) is 0 Å². The van der Waals surface area contributed by atoms with Crippen molar-refractivity contribution >= 4 is 17.6 Å². The standard InChI is InChI=1S/C9H8N4O2/c14-9(15)12-4-2-6-5-10-7-1-3-11-13(7)8(6)12/h1,3,5H,2,4H2,(H,14,15). The molecule has 76 valence electrons. The van der Waals surface area contributed by atoms with E-state index in [9.17, 15) is 4.79 Å². The third kappa shape index (κ3) is 1.01. The van der Waals surface area contributed by atoms with Crippen molar-refractivity contribution in [1.82, 2.24) is 14.6 Å². The van der Waals surface area contributed by atoms with Gasteiger partial charge in [-0.1, -0.05) is 0 Å². The zero-order valence-corrected chi connectivity index (χ0v) is 7.79. The van der Waals surface area contributed by atoms with Crippen LogP contribution in [0.2, 0.25) is 0 Å². The van der Waals surface area contributed by atoms with Crippen LogP contribution in [-0.2, 0) is 6.42 Å². The number of carbonyl (C=O) groups is 1. The summed E-state index contributed by atoms with van der Waals surface area (Å²) in [6, 6.07) is 1.75. The van der Waals surface area contributed by atoms with E-state index in [0.717, 1.165) is 5.56 Å². The first-order chi connectivity index (χ1) is 7.27. The summed E-state index contributed by atoms with van der Waals surface area (Å²) in [5.41, 5.74) is 1.59. The molecule has 0 aliphatic carbocycles. The van der Waals surface area contributed by atoms with Gasteiger partial charge in [-0.05, 0) is 6.42 Å². The van der Waals surface area contributed by atoms with Gasteiger partial charge in [0.15, 0.2) is 5.65 Å². The maximum absolute atomic E-state index is 11.0. The minimum atomic E-state index is -0.947. The molecule has 0 bridgehead atoms. The Morgan fingerprint density at radius 1 is 1.53 bits per heavy atom. The van der Waals surface area contributed by atoms with Crippen LogP contribution in [0, 0.1) is 0 Å². The molecule has 15 heavy (non-hydrogen) atoms. The second-order valence-corrected chi connectivity index (χ2v) is 3.39. The quantitative estimate of drug-likeness (QED) is 0.688. The zero-order chi connectivity index (χ0) is 10.4. The van der Waals surface area contributed by atoms with Gasteiger partial charge in [0, 0.05) is 24.4 Å². The third-order valence-corrected chi connectivity index (χ3v) is 2.55. The van der Waals surface area contributed by atoms with E-state index in [1.54, 1.807) is 23.0 Å². The van der Waals surface area contributed by atoms with Gasteiger partial charge in [0.2, 0.25) is 0 Å². The lowest BCUT2D eigenvalue weighted by Crippen LogP contribution is -2.28. The zero-order valence-electron chi connectivity index (χ0n) is 7.79. The fourth-order valence-electron chi connectivity index (χ4n) is 1.88. The average Bonchev–Trinajstić information content (AvgIpc) is 2.82. The fourth-order valence-corrected chi connectivity index (χ4v) is 1.88. The Morgan fingerprint density at radius 2 is 2.40 bits per heavy atom. The smallest absolute Gasteiger partial charge is 0.413 e. The Hall–Kier alpha value is -2.11. The summed E-state index contributed by atoms with van der Waals surface area (Å²) in [5, 5.41) is 13.1. The molecule has 2 aromatic heterocycles. The molecule has 2 aromatic rings. The maximum atomic E-state index is 11.0. The lowest BCUT2D eigenvalue weighted by atomic mass is 10.3.